The second-order valence-corrected chi connectivity index (χ2v) is 3.44. The van der Waals surface area contributed by atoms with Gasteiger partial charge in [-0.25, -0.2) is 9.59 Å². The normalized spacial score (nSPS) is 10.5. The molecule has 0 atom stereocenters. The molecule has 1 aromatic carbocycles. The maximum Gasteiger partial charge on any atom is 0.369 e. The highest BCUT2D eigenvalue weighted by atomic mass is 16.5. The lowest BCUT2D eigenvalue weighted by Crippen LogP contribution is -2.17. The molecule has 8 heteroatoms. The lowest BCUT2D eigenvalue weighted by molar-refractivity contribution is -0.134. The lowest BCUT2D eigenvalue weighted by atomic mass is 10.2. The first kappa shape index (κ1) is 15.0. The molecule has 0 saturated carbocycles. The first-order valence-corrected chi connectivity index (χ1v) is 5.46. The van der Waals surface area contributed by atoms with E-state index in [1.165, 1.54) is 12.1 Å². The van der Waals surface area contributed by atoms with Gasteiger partial charge in [0.05, 0.1) is 17.9 Å². The number of esters is 1. The zero-order chi connectivity index (χ0) is 15.1. The molecule has 0 saturated heterocycles. The number of ether oxygens (including phenoxy) is 1. The van der Waals surface area contributed by atoms with Gasteiger partial charge in [-0.1, -0.05) is 0 Å². The van der Waals surface area contributed by atoms with Crippen LogP contribution in [0.15, 0.2) is 23.3 Å². The molecule has 0 aromatic heterocycles. The molecule has 0 heterocycles. The smallest absolute Gasteiger partial charge is 0.369 e. The van der Waals surface area contributed by atoms with Gasteiger partial charge >= 0.3 is 11.9 Å². The largest absolute Gasteiger partial charge is 0.506 e. The van der Waals surface area contributed by atoms with Crippen molar-refractivity contribution >= 4 is 23.3 Å². The van der Waals surface area contributed by atoms with Crippen LogP contribution >= 0.6 is 0 Å². The molecule has 0 bridgehead atoms. The number of hydrazone groups is 1. The Morgan fingerprint density at radius 2 is 2.20 bits per heavy atom. The van der Waals surface area contributed by atoms with Gasteiger partial charge in [-0.05, 0) is 25.1 Å². The van der Waals surface area contributed by atoms with Crippen molar-refractivity contribution in [2.24, 2.45) is 5.10 Å². The van der Waals surface area contributed by atoms with Gasteiger partial charge in [0, 0.05) is 0 Å². The van der Waals surface area contributed by atoms with Gasteiger partial charge in [-0.2, -0.15) is 10.4 Å². The standard InChI is InChI=1S/C12H11N3O5/c1-2-20-12(19)9(6-13)15-14-8-4-3-7(11(17)18)5-10(8)16/h3-5,14,16H,2H2,1H3,(H,17,18)/b15-9-. The number of hydrogen-bond donors (Lipinski definition) is 3. The fourth-order valence-corrected chi connectivity index (χ4v) is 1.19. The fourth-order valence-electron chi connectivity index (χ4n) is 1.19. The summed E-state index contributed by atoms with van der Waals surface area (Å²) in [4.78, 5) is 21.9. The predicted molar refractivity (Wildman–Crippen MR) is 68.4 cm³/mol. The van der Waals surface area contributed by atoms with Crippen LogP contribution in [0.1, 0.15) is 17.3 Å². The first-order valence-electron chi connectivity index (χ1n) is 5.46. The predicted octanol–water partition coefficient (Wildman–Crippen LogP) is 0.945. The topological polar surface area (TPSA) is 132 Å². The molecule has 0 aliphatic carbocycles. The zero-order valence-electron chi connectivity index (χ0n) is 10.5. The van der Waals surface area contributed by atoms with E-state index in [0.717, 1.165) is 6.07 Å². The summed E-state index contributed by atoms with van der Waals surface area (Å²) in [6.07, 6.45) is 0. The zero-order valence-corrected chi connectivity index (χ0v) is 10.5. The van der Waals surface area contributed by atoms with Crippen LogP contribution in [0.2, 0.25) is 0 Å². The monoisotopic (exact) mass is 277 g/mol. The Hall–Kier alpha value is -3.08. The third kappa shape index (κ3) is 3.71. The number of benzene rings is 1. The molecule has 104 valence electrons. The van der Waals surface area contributed by atoms with E-state index < -0.39 is 17.7 Å². The quantitative estimate of drug-likeness (QED) is 0.316. The minimum absolute atomic E-state index is 0.0482. The Morgan fingerprint density at radius 1 is 1.50 bits per heavy atom. The van der Waals surface area contributed by atoms with Crippen molar-refractivity contribution in [1.82, 2.24) is 0 Å². The number of phenols is 1. The first-order chi connectivity index (χ1) is 9.49. The number of aromatic hydroxyl groups is 1. The Balaban J connectivity index is 2.91. The number of anilines is 1. The maximum atomic E-state index is 11.3. The second kappa shape index (κ2) is 6.75. The number of carboxylic acid groups (broad SMARTS) is 1. The van der Waals surface area contributed by atoms with Gasteiger partial charge in [-0.15, -0.1) is 0 Å². The summed E-state index contributed by atoms with van der Waals surface area (Å²) in [6.45, 7) is 1.68. The second-order valence-electron chi connectivity index (χ2n) is 3.44. The van der Waals surface area contributed by atoms with Gasteiger partial charge in [0.25, 0.3) is 0 Å². The summed E-state index contributed by atoms with van der Waals surface area (Å²) in [5, 5.41) is 30.5. The molecule has 1 aromatic rings. The highest BCUT2D eigenvalue weighted by Crippen LogP contribution is 2.24. The van der Waals surface area contributed by atoms with Crippen molar-refractivity contribution in [2.75, 3.05) is 12.0 Å². The van der Waals surface area contributed by atoms with E-state index in [-0.39, 0.29) is 23.6 Å². The number of nitriles is 1. The summed E-state index contributed by atoms with van der Waals surface area (Å²) in [5.74, 6) is -2.47. The number of nitrogens with zero attached hydrogens (tertiary/aromatic N) is 2. The Morgan fingerprint density at radius 3 is 2.70 bits per heavy atom. The van der Waals surface area contributed by atoms with Gasteiger partial charge in [0.1, 0.15) is 11.8 Å². The van der Waals surface area contributed by atoms with Crippen LogP contribution in [0.25, 0.3) is 0 Å². The number of rotatable bonds is 5. The SMILES string of the molecule is CCOC(=O)/C(C#N)=N\Nc1ccc(C(=O)O)cc1O. The van der Waals surface area contributed by atoms with E-state index in [1.807, 2.05) is 0 Å². The summed E-state index contributed by atoms with van der Waals surface area (Å²) >= 11 is 0. The van der Waals surface area contributed by atoms with Gasteiger partial charge in [0.15, 0.2) is 0 Å². The van der Waals surface area contributed by atoms with Gasteiger partial charge in [0.2, 0.25) is 5.71 Å². The average molecular weight is 277 g/mol. The molecule has 20 heavy (non-hydrogen) atoms. The number of carboxylic acids is 1. The van der Waals surface area contributed by atoms with Crippen molar-refractivity contribution in [1.29, 1.82) is 5.26 Å². The minimum atomic E-state index is -1.19. The number of aromatic carboxylic acids is 1. The van der Waals surface area contributed by atoms with Crippen LogP contribution in [0, 0.1) is 11.3 Å². The number of nitrogens with one attached hydrogen (secondary N) is 1. The molecule has 0 amide bonds. The van der Waals surface area contributed by atoms with E-state index >= 15 is 0 Å². The molecule has 0 aliphatic heterocycles. The van der Waals surface area contributed by atoms with Crippen LogP contribution in [0.4, 0.5) is 5.69 Å². The molecule has 1 rings (SSSR count). The number of phenolic OH excluding ortho intramolecular Hbond substituents is 1. The lowest BCUT2D eigenvalue weighted by Gasteiger charge is -2.05. The van der Waals surface area contributed by atoms with E-state index in [9.17, 15) is 14.7 Å². The average Bonchev–Trinajstić information content (AvgIpc) is 2.41. The third-order valence-electron chi connectivity index (χ3n) is 2.11. The van der Waals surface area contributed by atoms with E-state index in [2.05, 4.69) is 15.3 Å². The molecule has 0 unspecified atom stereocenters. The molecule has 0 spiro atoms. The Kier molecular flexibility index (Phi) is 5.05. The van der Waals surface area contributed by atoms with Crippen molar-refractivity contribution in [3.63, 3.8) is 0 Å². The molecular weight excluding hydrogens is 266 g/mol. The molecular formula is C12H11N3O5. The van der Waals surface area contributed by atoms with Crippen molar-refractivity contribution in [2.45, 2.75) is 6.92 Å². The number of hydrogen-bond acceptors (Lipinski definition) is 7. The van der Waals surface area contributed by atoms with Crippen molar-refractivity contribution in [3.8, 4) is 11.8 Å². The molecule has 0 radical (unpaired) electrons. The van der Waals surface area contributed by atoms with E-state index in [4.69, 9.17) is 10.4 Å². The van der Waals surface area contributed by atoms with Gasteiger partial charge in [-0.3, -0.25) is 5.43 Å². The molecule has 0 fully saturated rings. The summed E-state index contributed by atoms with van der Waals surface area (Å²) in [7, 11) is 0. The van der Waals surface area contributed by atoms with E-state index in [0.29, 0.717) is 0 Å². The summed E-state index contributed by atoms with van der Waals surface area (Å²) < 4.78 is 4.59. The maximum absolute atomic E-state index is 11.3. The van der Waals surface area contributed by atoms with Crippen LogP contribution in [-0.2, 0) is 9.53 Å². The van der Waals surface area contributed by atoms with Crippen LogP contribution in [0.5, 0.6) is 5.75 Å². The van der Waals surface area contributed by atoms with Crippen LogP contribution in [0.3, 0.4) is 0 Å². The Labute approximate surface area is 113 Å². The summed E-state index contributed by atoms with van der Waals surface area (Å²) in [5.41, 5.74) is 1.71. The number of carbonyl (C=O) groups excluding carboxylic acids is 1. The summed E-state index contributed by atoms with van der Waals surface area (Å²) in [6, 6.07) is 5.04. The van der Waals surface area contributed by atoms with Crippen molar-refractivity contribution < 1.29 is 24.5 Å². The minimum Gasteiger partial charge on any atom is -0.506 e. The van der Waals surface area contributed by atoms with Crippen LogP contribution in [-0.4, -0.2) is 34.5 Å². The fraction of sp³-hybridized carbons (Fsp3) is 0.167. The molecule has 8 nitrogen and oxygen atoms in total. The molecule has 0 aliphatic rings. The Bertz CT molecular complexity index is 604. The third-order valence-corrected chi connectivity index (χ3v) is 2.11. The highest BCUT2D eigenvalue weighted by molar-refractivity contribution is 6.43. The van der Waals surface area contributed by atoms with Gasteiger partial charge < -0.3 is 14.9 Å². The molecule has 3 N–H and O–H groups in total. The number of carbonyl (C=O) groups is 2. The van der Waals surface area contributed by atoms with Crippen molar-refractivity contribution in [3.05, 3.63) is 23.8 Å². The highest BCUT2D eigenvalue weighted by Gasteiger charge is 2.12. The van der Waals surface area contributed by atoms with E-state index in [1.54, 1.807) is 13.0 Å². The van der Waals surface area contributed by atoms with Crippen LogP contribution < -0.4 is 5.43 Å².